The van der Waals surface area contributed by atoms with E-state index in [0.29, 0.717) is 23.1 Å². The summed E-state index contributed by atoms with van der Waals surface area (Å²) < 4.78 is 5.51. The summed E-state index contributed by atoms with van der Waals surface area (Å²) >= 11 is 2.11. The second kappa shape index (κ2) is 9.88. The fraction of sp³-hybridized carbons (Fsp3) is 0.944. The number of hydrogen-bond donors (Lipinski definition) is 1. The van der Waals surface area contributed by atoms with Crippen molar-refractivity contribution in [2.45, 2.75) is 39.0 Å². The maximum atomic E-state index is 5.51. The van der Waals surface area contributed by atoms with Gasteiger partial charge in [0.2, 0.25) is 0 Å². The SMILES string of the molecule is CN=C(NCC(C(C)C)N1CCOCC1)N1CCSC(C(C)C)C1. The van der Waals surface area contributed by atoms with Crippen molar-refractivity contribution in [1.82, 2.24) is 15.1 Å². The van der Waals surface area contributed by atoms with E-state index in [4.69, 9.17) is 4.74 Å². The molecule has 5 nitrogen and oxygen atoms in total. The van der Waals surface area contributed by atoms with E-state index in [-0.39, 0.29) is 0 Å². The van der Waals surface area contributed by atoms with Crippen molar-refractivity contribution < 1.29 is 4.74 Å². The number of aliphatic imine (C=N–C) groups is 1. The number of nitrogens with zero attached hydrogens (tertiary/aromatic N) is 3. The summed E-state index contributed by atoms with van der Waals surface area (Å²) in [7, 11) is 1.91. The lowest BCUT2D eigenvalue weighted by Crippen LogP contribution is -2.54. The quantitative estimate of drug-likeness (QED) is 0.603. The van der Waals surface area contributed by atoms with Gasteiger partial charge in [-0.2, -0.15) is 11.8 Å². The maximum Gasteiger partial charge on any atom is 0.193 e. The molecule has 2 saturated heterocycles. The number of hydrogen-bond acceptors (Lipinski definition) is 4. The van der Waals surface area contributed by atoms with E-state index >= 15 is 0 Å². The Hall–Kier alpha value is -0.460. The Balaban J connectivity index is 1.91. The molecule has 1 N–H and O–H groups in total. The number of thioether (sulfide) groups is 1. The number of morpholine rings is 1. The topological polar surface area (TPSA) is 40.1 Å². The number of ether oxygens (including phenoxy) is 1. The van der Waals surface area contributed by atoms with Crippen LogP contribution in [0.4, 0.5) is 0 Å². The summed E-state index contributed by atoms with van der Waals surface area (Å²) in [6, 6.07) is 0.533. The monoisotopic (exact) mass is 356 g/mol. The minimum Gasteiger partial charge on any atom is -0.379 e. The molecule has 0 saturated carbocycles. The Kier molecular flexibility index (Phi) is 8.17. The average Bonchev–Trinajstić information content (AvgIpc) is 2.59. The third-order valence-corrected chi connectivity index (χ3v) is 6.64. The van der Waals surface area contributed by atoms with E-state index in [9.17, 15) is 0 Å². The van der Waals surface area contributed by atoms with Gasteiger partial charge >= 0.3 is 0 Å². The lowest BCUT2D eigenvalue weighted by atomic mass is 10.0. The van der Waals surface area contributed by atoms with Crippen molar-refractivity contribution in [1.29, 1.82) is 0 Å². The van der Waals surface area contributed by atoms with Gasteiger partial charge in [-0.1, -0.05) is 27.7 Å². The summed E-state index contributed by atoms with van der Waals surface area (Å²) in [6.45, 7) is 16.2. The Labute approximate surface area is 152 Å². The summed E-state index contributed by atoms with van der Waals surface area (Å²) in [6.07, 6.45) is 0. The molecule has 0 aliphatic carbocycles. The first-order valence-electron chi connectivity index (χ1n) is 9.42. The lowest BCUT2D eigenvalue weighted by molar-refractivity contribution is 0.00740. The van der Waals surface area contributed by atoms with Gasteiger partial charge in [0.15, 0.2) is 5.96 Å². The second-order valence-electron chi connectivity index (χ2n) is 7.49. The van der Waals surface area contributed by atoms with Gasteiger partial charge in [0.1, 0.15) is 0 Å². The molecule has 24 heavy (non-hydrogen) atoms. The molecule has 2 unspecified atom stereocenters. The predicted molar refractivity (Wildman–Crippen MR) is 105 cm³/mol. The molecule has 0 amide bonds. The molecule has 0 aromatic rings. The minimum atomic E-state index is 0.533. The molecule has 140 valence electrons. The first-order chi connectivity index (χ1) is 11.5. The zero-order valence-corrected chi connectivity index (χ0v) is 16.9. The van der Waals surface area contributed by atoms with Crippen LogP contribution in [0.2, 0.25) is 0 Å². The molecule has 2 atom stereocenters. The van der Waals surface area contributed by atoms with Crippen LogP contribution in [0.3, 0.4) is 0 Å². The molecule has 0 aromatic heterocycles. The second-order valence-corrected chi connectivity index (χ2v) is 8.83. The van der Waals surface area contributed by atoms with Crippen LogP contribution >= 0.6 is 11.8 Å². The van der Waals surface area contributed by atoms with Crippen LogP contribution in [0, 0.1) is 11.8 Å². The molecule has 2 fully saturated rings. The first-order valence-corrected chi connectivity index (χ1v) is 10.5. The smallest absolute Gasteiger partial charge is 0.193 e. The van der Waals surface area contributed by atoms with Crippen LogP contribution < -0.4 is 5.32 Å². The molecule has 0 radical (unpaired) electrons. The average molecular weight is 357 g/mol. The standard InChI is InChI=1S/C18H36N4OS/c1-14(2)16(21-6-9-23-10-7-21)12-20-18(19-5)22-8-11-24-17(13-22)15(3)4/h14-17H,6-13H2,1-5H3,(H,19,20). The third kappa shape index (κ3) is 5.53. The maximum absolute atomic E-state index is 5.51. The zero-order valence-electron chi connectivity index (χ0n) is 16.1. The molecule has 0 spiro atoms. The molecule has 2 aliphatic heterocycles. The fourth-order valence-corrected chi connectivity index (χ4v) is 4.79. The molecule has 2 rings (SSSR count). The van der Waals surface area contributed by atoms with Gasteiger partial charge in [0.25, 0.3) is 0 Å². The van der Waals surface area contributed by atoms with Crippen molar-refractivity contribution in [2.24, 2.45) is 16.8 Å². The fourth-order valence-electron chi connectivity index (χ4n) is 3.49. The highest BCUT2D eigenvalue weighted by Gasteiger charge is 2.27. The van der Waals surface area contributed by atoms with Gasteiger partial charge in [-0.05, 0) is 11.8 Å². The van der Waals surface area contributed by atoms with Gasteiger partial charge in [0, 0.05) is 56.8 Å². The Morgan fingerprint density at radius 3 is 2.50 bits per heavy atom. The highest BCUT2D eigenvalue weighted by atomic mass is 32.2. The van der Waals surface area contributed by atoms with Crippen molar-refractivity contribution in [3.05, 3.63) is 0 Å². The minimum absolute atomic E-state index is 0.533. The molecule has 0 aromatic carbocycles. The molecule has 2 heterocycles. The summed E-state index contributed by atoms with van der Waals surface area (Å²) in [5, 5.41) is 4.37. The van der Waals surface area contributed by atoms with Crippen LogP contribution in [0.25, 0.3) is 0 Å². The van der Waals surface area contributed by atoms with Gasteiger partial charge in [-0.15, -0.1) is 0 Å². The number of rotatable bonds is 5. The highest BCUT2D eigenvalue weighted by molar-refractivity contribution is 8.00. The molecule has 0 bridgehead atoms. The highest BCUT2D eigenvalue weighted by Crippen LogP contribution is 2.25. The summed E-state index contributed by atoms with van der Waals surface area (Å²) in [4.78, 5) is 9.57. The zero-order chi connectivity index (χ0) is 17.5. The van der Waals surface area contributed by atoms with Crippen molar-refractivity contribution >= 4 is 17.7 Å². The van der Waals surface area contributed by atoms with Crippen LogP contribution in [0.1, 0.15) is 27.7 Å². The Morgan fingerprint density at radius 1 is 1.21 bits per heavy atom. The van der Waals surface area contributed by atoms with Gasteiger partial charge in [0.05, 0.1) is 13.2 Å². The van der Waals surface area contributed by atoms with E-state index < -0.39 is 0 Å². The van der Waals surface area contributed by atoms with E-state index in [2.05, 4.69) is 59.6 Å². The molecule has 6 heteroatoms. The van der Waals surface area contributed by atoms with Gasteiger partial charge in [-0.3, -0.25) is 9.89 Å². The van der Waals surface area contributed by atoms with Crippen LogP contribution in [0.5, 0.6) is 0 Å². The third-order valence-electron chi connectivity index (χ3n) is 5.10. The summed E-state index contributed by atoms with van der Waals surface area (Å²) in [5.74, 6) is 3.60. The summed E-state index contributed by atoms with van der Waals surface area (Å²) in [5.41, 5.74) is 0. The first kappa shape index (κ1) is 19.9. The van der Waals surface area contributed by atoms with E-state index in [0.717, 1.165) is 51.9 Å². The van der Waals surface area contributed by atoms with E-state index in [1.165, 1.54) is 5.75 Å². The van der Waals surface area contributed by atoms with Gasteiger partial charge < -0.3 is 15.0 Å². The van der Waals surface area contributed by atoms with E-state index in [1.54, 1.807) is 0 Å². The van der Waals surface area contributed by atoms with Crippen molar-refractivity contribution in [2.75, 3.05) is 58.7 Å². The van der Waals surface area contributed by atoms with Gasteiger partial charge in [-0.25, -0.2) is 0 Å². The van der Waals surface area contributed by atoms with Crippen LogP contribution in [-0.4, -0.2) is 85.8 Å². The number of guanidine groups is 1. The van der Waals surface area contributed by atoms with E-state index in [1.807, 2.05) is 7.05 Å². The van der Waals surface area contributed by atoms with Crippen LogP contribution in [-0.2, 0) is 4.74 Å². The molecular formula is C18H36N4OS. The Bertz CT molecular complexity index is 396. The largest absolute Gasteiger partial charge is 0.379 e. The number of nitrogens with one attached hydrogen (secondary N) is 1. The molecular weight excluding hydrogens is 320 g/mol. The predicted octanol–water partition coefficient (Wildman–Crippen LogP) is 1.99. The normalized spacial score (nSPS) is 25.4. The molecule has 2 aliphatic rings. The lowest BCUT2D eigenvalue weighted by Gasteiger charge is -2.39. The van der Waals surface area contributed by atoms with Crippen molar-refractivity contribution in [3.8, 4) is 0 Å². The van der Waals surface area contributed by atoms with Crippen molar-refractivity contribution in [3.63, 3.8) is 0 Å². The Morgan fingerprint density at radius 2 is 1.92 bits per heavy atom. The van der Waals surface area contributed by atoms with Crippen LogP contribution in [0.15, 0.2) is 4.99 Å².